The fourth-order valence-corrected chi connectivity index (χ4v) is 6.41. The maximum atomic E-state index is 13.9. The topological polar surface area (TPSA) is 126 Å². The van der Waals surface area contributed by atoms with Gasteiger partial charge in [-0.25, -0.2) is 18.1 Å². The number of fused-ring (bicyclic) bond motifs is 5. The van der Waals surface area contributed by atoms with Gasteiger partial charge in [0.05, 0.1) is 43.7 Å². The molecule has 3 atom stereocenters. The van der Waals surface area contributed by atoms with Gasteiger partial charge >= 0.3 is 0 Å². The minimum absolute atomic E-state index is 0.0288. The number of benzene rings is 1. The molecule has 0 spiro atoms. The first kappa shape index (κ1) is 18.6. The second kappa shape index (κ2) is 6.87. The van der Waals surface area contributed by atoms with Crippen LogP contribution in [0.3, 0.4) is 0 Å². The number of aromatic nitrogens is 2. The van der Waals surface area contributed by atoms with E-state index in [1.807, 2.05) is 11.8 Å². The number of carbonyl (C=O) groups is 1. The molecule has 2 aromatic rings. The normalized spacial score (nSPS) is 28.6. The van der Waals surface area contributed by atoms with Crippen LogP contribution >= 0.6 is 0 Å². The molecule has 33 heavy (non-hydrogen) atoms. The Morgan fingerprint density at radius 2 is 2.12 bits per heavy atom. The van der Waals surface area contributed by atoms with Crippen LogP contribution in [0.2, 0.25) is 0 Å². The number of guanidine groups is 1. The molecular formula is C22H27N7O3S. The van der Waals surface area contributed by atoms with E-state index >= 15 is 0 Å². The number of hydrogen-bond donors (Lipinski definition) is 2. The monoisotopic (exact) mass is 471 g/mol. The summed E-state index contributed by atoms with van der Waals surface area (Å²) >= 11 is 0. The third-order valence-corrected chi connectivity index (χ3v) is 8.50. The molecule has 2 saturated carbocycles. The number of anilines is 1. The maximum Gasteiger partial charge on any atom is 0.263 e. The quantitative estimate of drug-likeness (QED) is 0.669. The van der Waals surface area contributed by atoms with Crippen LogP contribution in [0, 0.1) is 0 Å². The minimum Gasteiger partial charge on any atom is -0.328 e. The molecular weight excluding hydrogens is 442 g/mol. The van der Waals surface area contributed by atoms with Crippen molar-refractivity contribution in [3.63, 3.8) is 0 Å². The molecule has 0 saturated heterocycles. The maximum absolute atomic E-state index is 13.9. The van der Waals surface area contributed by atoms with E-state index < -0.39 is 28.0 Å². The largest absolute Gasteiger partial charge is 0.328 e. The van der Waals surface area contributed by atoms with Crippen LogP contribution in [0.1, 0.15) is 51.3 Å². The zero-order valence-corrected chi connectivity index (χ0v) is 19.2. The molecule has 1 aromatic heterocycles. The highest BCUT2D eigenvalue weighted by atomic mass is 32.2. The predicted octanol–water partition coefficient (Wildman–Crippen LogP) is 0.941. The number of hydrogen-bond acceptors (Lipinski definition) is 7. The van der Waals surface area contributed by atoms with Gasteiger partial charge in [-0.1, -0.05) is 0 Å². The lowest BCUT2D eigenvalue weighted by Crippen LogP contribution is -2.53. The summed E-state index contributed by atoms with van der Waals surface area (Å²) in [5, 5.41) is 4.07. The fourth-order valence-electron chi connectivity index (χ4n) is 4.91. The predicted molar refractivity (Wildman–Crippen MR) is 122 cm³/mol. The van der Waals surface area contributed by atoms with Gasteiger partial charge in [-0.3, -0.25) is 14.4 Å². The van der Waals surface area contributed by atoms with E-state index in [0.29, 0.717) is 18.5 Å². The summed E-state index contributed by atoms with van der Waals surface area (Å²) in [7, 11) is -2.19. The van der Waals surface area contributed by atoms with Crippen LogP contribution < -0.4 is 15.4 Å². The van der Waals surface area contributed by atoms with Crippen LogP contribution in [0.15, 0.2) is 40.5 Å². The van der Waals surface area contributed by atoms with E-state index in [1.165, 1.54) is 29.2 Å². The number of carbonyl (C=O) groups excluding carboxylic acids is 1. The molecule has 2 fully saturated rings. The van der Waals surface area contributed by atoms with Crippen LogP contribution in [0.5, 0.6) is 0 Å². The first-order valence-electron chi connectivity index (χ1n) is 12.0. The molecule has 2 aliphatic carbocycles. The summed E-state index contributed by atoms with van der Waals surface area (Å²) in [5.74, 6) is -0.430. The Bertz CT molecular complexity index is 1390. The molecule has 1 aromatic carbocycles. The Balaban J connectivity index is 1.49. The first-order chi connectivity index (χ1) is 16.4. The number of nitrogens with two attached hydrogens (primary N) is 1. The van der Waals surface area contributed by atoms with E-state index in [2.05, 4.69) is 9.82 Å². The van der Waals surface area contributed by atoms with Gasteiger partial charge in [0.2, 0.25) is 16.0 Å². The Morgan fingerprint density at radius 1 is 1.33 bits per heavy atom. The molecule has 10 nitrogen and oxygen atoms in total. The summed E-state index contributed by atoms with van der Waals surface area (Å²) in [5.41, 5.74) is 6.56. The van der Waals surface area contributed by atoms with E-state index in [4.69, 9.17) is 13.5 Å². The zero-order chi connectivity index (χ0) is 24.9. The Hall–Kier alpha value is -2.76. The second-order valence-electron chi connectivity index (χ2n) is 9.67. The van der Waals surface area contributed by atoms with E-state index in [-0.39, 0.29) is 40.1 Å². The van der Waals surface area contributed by atoms with Crippen molar-refractivity contribution in [2.45, 2.75) is 67.7 Å². The van der Waals surface area contributed by atoms with Gasteiger partial charge in [0.1, 0.15) is 0 Å². The van der Waals surface area contributed by atoms with Crippen LogP contribution in [0.4, 0.5) is 5.69 Å². The lowest BCUT2D eigenvalue weighted by molar-refractivity contribution is 0.0832. The van der Waals surface area contributed by atoms with Crippen molar-refractivity contribution >= 4 is 27.6 Å². The van der Waals surface area contributed by atoms with E-state index in [9.17, 15) is 13.2 Å². The van der Waals surface area contributed by atoms with Crippen molar-refractivity contribution < 1.29 is 16.0 Å². The zero-order valence-electron chi connectivity index (χ0n) is 20.4. The molecule has 0 unspecified atom stereocenters. The highest BCUT2D eigenvalue weighted by molar-refractivity contribution is 7.89. The van der Waals surface area contributed by atoms with Crippen LogP contribution in [-0.4, -0.2) is 58.6 Å². The number of nitrogens with one attached hydrogen (secondary N) is 1. The van der Waals surface area contributed by atoms with Gasteiger partial charge in [0, 0.05) is 30.4 Å². The third kappa shape index (κ3) is 3.37. The highest BCUT2D eigenvalue weighted by Gasteiger charge is 2.50. The number of sulfonamides is 1. The van der Waals surface area contributed by atoms with Gasteiger partial charge in [0.15, 0.2) is 0 Å². The smallest absolute Gasteiger partial charge is 0.263 e. The molecule has 0 bridgehead atoms. The number of nitrogens with zero attached hydrogens (tertiary/aromatic N) is 5. The highest BCUT2D eigenvalue weighted by Crippen LogP contribution is 2.42. The minimum atomic E-state index is -3.86. The Morgan fingerprint density at radius 3 is 2.82 bits per heavy atom. The molecule has 0 radical (unpaired) electrons. The van der Waals surface area contributed by atoms with Gasteiger partial charge < -0.3 is 10.6 Å². The number of amides is 1. The van der Waals surface area contributed by atoms with Crippen molar-refractivity contribution in [2.24, 2.45) is 17.8 Å². The number of rotatable bonds is 5. The van der Waals surface area contributed by atoms with Crippen LogP contribution in [0.25, 0.3) is 0 Å². The summed E-state index contributed by atoms with van der Waals surface area (Å²) in [6.07, 6.45) is 5.67. The SMILES string of the molecule is [2H]C([2H])(c1cnn(C)c1)N1C(=O)c2cc(S(=O)(=O)NC3(C)CC3)ccc2N2C1=N[C@@H]1C[C@@H](N)C[C@@H]12. The van der Waals surface area contributed by atoms with E-state index in [0.717, 1.165) is 17.7 Å². The van der Waals surface area contributed by atoms with Crippen molar-refractivity contribution in [3.05, 3.63) is 41.7 Å². The van der Waals surface area contributed by atoms with Crippen molar-refractivity contribution in [2.75, 3.05) is 4.90 Å². The summed E-state index contributed by atoms with van der Waals surface area (Å²) < 4.78 is 48.1. The standard InChI is InChI=1S/C22H27N7O3S/c1-22(5-6-22)26-33(31,32)15-3-4-18-16(9-15)20(30)28(12-13-10-24-27(2)11-13)21-25-17-7-14(23)8-19(17)29(18)21/h3-4,9-11,14,17,19,26H,5-8,12,23H2,1-2H3/t14-,17-,19+/m1/s1/i12D2. The third-order valence-electron chi connectivity index (χ3n) is 6.86. The molecule has 1 amide bonds. The van der Waals surface area contributed by atoms with Gasteiger partial charge in [-0.2, -0.15) is 5.10 Å². The second-order valence-corrected chi connectivity index (χ2v) is 11.3. The molecule has 6 rings (SSSR count). The summed E-state index contributed by atoms with van der Waals surface area (Å²) in [6, 6.07) is 4.09. The molecule has 11 heteroatoms. The first-order valence-corrected chi connectivity index (χ1v) is 12.5. The lowest BCUT2D eigenvalue weighted by Gasteiger charge is -2.38. The fraction of sp³-hybridized carbons (Fsp3) is 0.500. The summed E-state index contributed by atoms with van der Waals surface area (Å²) in [4.78, 5) is 21.5. The van der Waals surface area contributed by atoms with Crippen molar-refractivity contribution in [3.8, 4) is 0 Å². The van der Waals surface area contributed by atoms with Crippen molar-refractivity contribution in [1.82, 2.24) is 19.4 Å². The molecule has 2 aliphatic heterocycles. The Kier molecular flexibility index (Phi) is 3.88. The molecule has 3 heterocycles. The van der Waals surface area contributed by atoms with Crippen molar-refractivity contribution in [1.29, 1.82) is 0 Å². The van der Waals surface area contributed by atoms with Crippen LogP contribution in [-0.2, 0) is 23.6 Å². The van der Waals surface area contributed by atoms with Gasteiger partial charge in [-0.05, 0) is 50.8 Å². The molecule has 3 N–H and O–H groups in total. The average Bonchev–Trinajstić information content (AvgIpc) is 3.08. The van der Waals surface area contributed by atoms with E-state index in [1.54, 1.807) is 13.1 Å². The van der Waals surface area contributed by atoms with Gasteiger partial charge in [0.25, 0.3) is 5.91 Å². The Labute approximate surface area is 195 Å². The number of aliphatic imine (C=N–C) groups is 1. The number of aryl methyl sites for hydroxylation is 1. The molecule has 174 valence electrons. The average molecular weight is 472 g/mol. The lowest BCUT2D eigenvalue weighted by atomic mass is 10.0. The summed E-state index contributed by atoms with van der Waals surface area (Å²) in [6.45, 7) is -0.426. The van der Waals surface area contributed by atoms with Gasteiger partial charge in [-0.15, -0.1) is 0 Å². The molecule has 4 aliphatic rings.